The lowest BCUT2D eigenvalue weighted by Gasteiger charge is -2.20. The molecule has 170 valence electrons. The first-order chi connectivity index (χ1) is 16.3. The Labute approximate surface area is 206 Å². The van der Waals surface area contributed by atoms with Gasteiger partial charge in [0.1, 0.15) is 11.4 Å². The Morgan fingerprint density at radius 1 is 0.882 bits per heavy atom. The molecule has 0 radical (unpaired) electrons. The molecule has 0 atom stereocenters. The Bertz CT molecular complexity index is 1500. The minimum absolute atomic E-state index is 0.428. The molecular weight excluding hydrogens is 492 g/mol. The van der Waals surface area contributed by atoms with E-state index >= 15 is 0 Å². The summed E-state index contributed by atoms with van der Waals surface area (Å²) in [6.07, 6.45) is -0.446. The standard InChI is InChI=1S/C28H23BrN2O3/c1-28(2,3)34-27(32)31-23-12-8-7-11-21(23)25-24(31)17-22(18-9-5-4-6-10-18)30-26(25)33-20-15-13-19(29)14-16-20/h4-17H,1-3H3. The van der Waals surface area contributed by atoms with Crippen LogP contribution < -0.4 is 4.74 Å². The van der Waals surface area contributed by atoms with Crippen molar-refractivity contribution in [3.63, 3.8) is 0 Å². The summed E-state index contributed by atoms with van der Waals surface area (Å²) < 4.78 is 14.7. The summed E-state index contributed by atoms with van der Waals surface area (Å²) in [5.41, 5.74) is 2.40. The molecule has 0 bridgehead atoms. The number of benzene rings is 3. The topological polar surface area (TPSA) is 53.4 Å². The first-order valence-electron chi connectivity index (χ1n) is 11.0. The minimum Gasteiger partial charge on any atom is -0.443 e. The number of hydrogen-bond donors (Lipinski definition) is 0. The number of rotatable bonds is 3. The number of carbonyl (C=O) groups is 1. The maximum atomic E-state index is 13.4. The van der Waals surface area contributed by atoms with Crippen molar-refractivity contribution in [1.29, 1.82) is 0 Å². The molecule has 0 N–H and O–H groups in total. The number of para-hydroxylation sites is 1. The molecule has 0 fully saturated rings. The third kappa shape index (κ3) is 4.29. The molecule has 0 saturated carbocycles. The molecule has 34 heavy (non-hydrogen) atoms. The summed E-state index contributed by atoms with van der Waals surface area (Å²) in [5, 5.41) is 1.62. The summed E-state index contributed by atoms with van der Waals surface area (Å²) in [6.45, 7) is 5.58. The molecule has 2 aromatic heterocycles. The van der Waals surface area contributed by atoms with E-state index in [-0.39, 0.29) is 0 Å². The number of hydrogen-bond acceptors (Lipinski definition) is 4. The van der Waals surface area contributed by atoms with Crippen LogP contribution in [0.3, 0.4) is 0 Å². The lowest BCUT2D eigenvalue weighted by molar-refractivity contribution is 0.0551. The molecule has 0 saturated heterocycles. The third-order valence-electron chi connectivity index (χ3n) is 5.29. The van der Waals surface area contributed by atoms with Gasteiger partial charge in [-0.15, -0.1) is 0 Å². The van der Waals surface area contributed by atoms with E-state index in [1.54, 1.807) is 4.57 Å². The maximum Gasteiger partial charge on any atom is 0.419 e. The van der Waals surface area contributed by atoms with E-state index < -0.39 is 11.7 Å². The van der Waals surface area contributed by atoms with Gasteiger partial charge in [0.05, 0.1) is 22.1 Å². The van der Waals surface area contributed by atoms with Crippen LogP contribution in [0.5, 0.6) is 11.6 Å². The van der Waals surface area contributed by atoms with Crippen LogP contribution in [0.25, 0.3) is 33.1 Å². The van der Waals surface area contributed by atoms with Crippen molar-refractivity contribution in [3.05, 3.63) is 89.4 Å². The molecule has 5 aromatic rings. The predicted molar refractivity (Wildman–Crippen MR) is 139 cm³/mol. The predicted octanol–water partition coefficient (Wildman–Crippen LogP) is 8.19. The van der Waals surface area contributed by atoms with Crippen LogP contribution in [-0.2, 0) is 4.74 Å². The van der Waals surface area contributed by atoms with Gasteiger partial charge in [0.15, 0.2) is 0 Å². The molecule has 5 rings (SSSR count). The number of fused-ring (bicyclic) bond motifs is 3. The van der Waals surface area contributed by atoms with Crippen LogP contribution in [0.15, 0.2) is 89.4 Å². The largest absolute Gasteiger partial charge is 0.443 e. The SMILES string of the molecule is CC(C)(C)OC(=O)n1c2ccccc2c2c(Oc3ccc(Br)cc3)nc(-c3ccccc3)cc21. The van der Waals surface area contributed by atoms with E-state index in [9.17, 15) is 4.79 Å². The highest BCUT2D eigenvalue weighted by atomic mass is 79.9. The molecule has 0 aliphatic heterocycles. The van der Waals surface area contributed by atoms with E-state index in [0.717, 1.165) is 26.3 Å². The van der Waals surface area contributed by atoms with Gasteiger partial charge in [0, 0.05) is 15.4 Å². The maximum absolute atomic E-state index is 13.4. The zero-order valence-corrected chi connectivity index (χ0v) is 20.7. The molecule has 5 nitrogen and oxygen atoms in total. The molecule has 0 spiro atoms. The molecule has 2 heterocycles. The number of halogens is 1. The number of aromatic nitrogens is 2. The highest BCUT2D eigenvalue weighted by Gasteiger charge is 2.25. The van der Waals surface area contributed by atoms with Gasteiger partial charge >= 0.3 is 6.09 Å². The van der Waals surface area contributed by atoms with Crippen molar-refractivity contribution in [1.82, 2.24) is 9.55 Å². The summed E-state index contributed by atoms with van der Waals surface area (Å²) >= 11 is 3.46. The third-order valence-corrected chi connectivity index (χ3v) is 5.82. The first kappa shape index (κ1) is 22.2. The Kier molecular flexibility index (Phi) is 5.62. The second kappa shape index (κ2) is 8.61. The van der Waals surface area contributed by atoms with Crippen LogP contribution in [0.4, 0.5) is 4.79 Å². The first-order valence-corrected chi connectivity index (χ1v) is 11.8. The minimum atomic E-state index is -0.638. The molecule has 0 aliphatic carbocycles. The van der Waals surface area contributed by atoms with Gasteiger partial charge in [-0.05, 0) is 57.2 Å². The fraction of sp³-hybridized carbons (Fsp3) is 0.143. The van der Waals surface area contributed by atoms with Crippen LogP contribution in [-0.4, -0.2) is 21.2 Å². The molecule has 0 amide bonds. The van der Waals surface area contributed by atoms with Crippen molar-refractivity contribution < 1.29 is 14.3 Å². The Hall–Kier alpha value is -3.64. The van der Waals surface area contributed by atoms with E-state index in [1.807, 2.05) is 106 Å². The van der Waals surface area contributed by atoms with Gasteiger partial charge in [-0.2, -0.15) is 0 Å². The van der Waals surface area contributed by atoms with Crippen LogP contribution >= 0.6 is 15.9 Å². The second-order valence-corrected chi connectivity index (χ2v) is 9.88. The lowest BCUT2D eigenvalue weighted by atomic mass is 10.1. The zero-order chi connectivity index (χ0) is 23.9. The summed E-state index contributed by atoms with van der Waals surface area (Å²) in [4.78, 5) is 18.3. The monoisotopic (exact) mass is 514 g/mol. The van der Waals surface area contributed by atoms with Crippen molar-refractivity contribution >= 4 is 43.8 Å². The molecule has 0 unspecified atom stereocenters. The van der Waals surface area contributed by atoms with E-state index in [2.05, 4.69) is 15.9 Å². The van der Waals surface area contributed by atoms with Gasteiger partial charge in [-0.1, -0.05) is 64.5 Å². The Morgan fingerprint density at radius 3 is 2.26 bits per heavy atom. The van der Waals surface area contributed by atoms with Gasteiger partial charge < -0.3 is 9.47 Å². The van der Waals surface area contributed by atoms with Gasteiger partial charge in [0.2, 0.25) is 5.88 Å². The van der Waals surface area contributed by atoms with Gasteiger partial charge in [-0.3, -0.25) is 0 Å². The molecule has 6 heteroatoms. The lowest BCUT2D eigenvalue weighted by Crippen LogP contribution is -2.27. The molecule has 3 aromatic carbocycles. The van der Waals surface area contributed by atoms with Crippen LogP contribution in [0, 0.1) is 0 Å². The average molecular weight is 515 g/mol. The summed E-state index contributed by atoms with van der Waals surface area (Å²) in [5.74, 6) is 1.08. The zero-order valence-electron chi connectivity index (χ0n) is 19.1. The van der Waals surface area contributed by atoms with E-state index in [4.69, 9.17) is 14.5 Å². The molecule has 0 aliphatic rings. The van der Waals surface area contributed by atoms with Gasteiger partial charge in [-0.25, -0.2) is 14.3 Å². The van der Waals surface area contributed by atoms with Crippen molar-refractivity contribution in [3.8, 4) is 22.9 Å². The van der Waals surface area contributed by atoms with Crippen LogP contribution in [0.2, 0.25) is 0 Å². The summed E-state index contributed by atoms with van der Waals surface area (Å²) in [6, 6.07) is 27.1. The fourth-order valence-electron chi connectivity index (χ4n) is 3.90. The smallest absolute Gasteiger partial charge is 0.419 e. The second-order valence-electron chi connectivity index (χ2n) is 8.96. The highest BCUT2D eigenvalue weighted by molar-refractivity contribution is 9.10. The number of carbonyl (C=O) groups excluding carboxylic acids is 1. The van der Waals surface area contributed by atoms with Crippen LogP contribution in [0.1, 0.15) is 20.8 Å². The fourth-order valence-corrected chi connectivity index (χ4v) is 4.16. The van der Waals surface area contributed by atoms with Crippen molar-refractivity contribution in [2.24, 2.45) is 0 Å². The van der Waals surface area contributed by atoms with Crippen molar-refractivity contribution in [2.45, 2.75) is 26.4 Å². The number of ether oxygens (including phenoxy) is 2. The molecular formula is C28H23BrN2O3. The van der Waals surface area contributed by atoms with E-state index in [0.29, 0.717) is 22.8 Å². The van der Waals surface area contributed by atoms with E-state index in [1.165, 1.54) is 0 Å². The number of nitrogens with zero attached hydrogens (tertiary/aromatic N) is 2. The highest BCUT2D eigenvalue weighted by Crippen LogP contribution is 2.39. The van der Waals surface area contributed by atoms with Crippen molar-refractivity contribution in [2.75, 3.05) is 0 Å². The summed E-state index contributed by atoms with van der Waals surface area (Å²) in [7, 11) is 0. The normalized spacial score (nSPS) is 11.6. The Balaban J connectivity index is 1.81. The van der Waals surface area contributed by atoms with Gasteiger partial charge in [0.25, 0.3) is 0 Å². The Morgan fingerprint density at radius 2 is 1.56 bits per heavy atom. The quantitative estimate of drug-likeness (QED) is 0.243. The number of pyridine rings is 1. The average Bonchev–Trinajstić information content (AvgIpc) is 3.15.